The Kier molecular flexibility index (Phi) is 4.12. The van der Waals surface area contributed by atoms with Crippen LogP contribution in [0.25, 0.3) is 0 Å². The summed E-state index contributed by atoms with van der Waals surface area (Å²) in [5.41, 5.74) is 1.17. The third-order valence-corrected chi connectivity index (χ3v) is 5.02. The molecule has 0 aliphatic carbocycles. The summed E-state index contributed by atoms with van der Waals surface area (Å²) in [6.07, 6.45) is 0. The molecule has 0 unspecified atom stereocenters. The Morgan fingerprint density at radius 2 is 2.05 bits per heavy atom. The molecule has 1 N–H and O–H groups in total. The Morgan fingerprint density at radius 1 is 1.16 bits per heavy atom. The van der Waals surface area contributed by atoms with E-state index < -0.39 is 0 Å². The highest BCUT2D eigenvalue weighted by molar-refractivity contribution is 9.10. The first-order valence-corrected chi connectivity index (χ1v) is 8.20. The molecule has 0 atom stereocenters. The van der Waals surface area contributed by atoms with Crippen LogP contribution in [0, 0.1) is 0 Å². The van der Waals surface area contributed by atoms with E-state index in [1.807, 2.05) is 6.07 Å². The van der Waals surface area contributed by atoms with E-state index in [-0.39, 0.29) is 0 Å². The van der Waals surface area contributed by atoms with Crippen molar-refractivity contribution in [1.82, 2.24) is 5.32 Å². The van der Waals surface area contributed by atoms with E-state index in [1.54, 1.807) is 11.3 Å². The molecule has 0 saturated carbocycles. The van der Waals surface area contributed by atoms with E-state index in [4.69, 9.17) is 9.47 Å². The third-order valence-electron chi connectivity index (χ3n) is 2.74. The van der Waals surface area contributed by atoms with Gasteiger partial charge < -0.3 is 14.8 Å². The largest absolute Gasteiger partial charge is 0.454 e. The van der Waals surface area contributed by atoms with Gasteiger partial charge in [-0.15, -0.1) is 11.3 Å². The van der Waals surface area contributed by atoms with Crippen LogP contribution in [0.3, 0.4) is 0 Å². The fourth-order valence-corrected chi connectivity index (χ4v) is 3.92. The molecule has 0 radical (unpaired) electrons. The number of nitrogens with one attached hydrogen (secondary N) is 1. The monoisotopic (exact) mass is 403 g/mol. The van der Waals surface area contributed by atoms with Crippen molar-refractivity contribution in [3.8, 4) is 11.5 Å². The van der Waals surface area contributed by atoms with Crippen molar-refractivity contribution in [2.45, 2.75) is 13.1 Å². The molecule has 0 saturated heterocycles. The van der Waals surface area contributed by atoms with Gasteiger partial charge in [0.15, 0.2) is 11.5 Å². The Bertz CT molecular complexity index is 600. The molecule has 2 aromatic rings. The Hall–Kier alpha value is -0.560. The second kappa shape index (κ2) is 5.83. The summed E-state index contributed by atoms with van der Waals surface area (Å²) in [6, 6.07) is 6.21. The van der Waals surface area contributed by atoms with Gasteiger partial charge in [0.2, 0.25) is 6.79 Å². The van der Waals surface area contributed by atoms with E-state index in [0.717, 1.165) is 33.5 Å². The lowest BCUT2D eigenvalue weighted by molar-refractivity contribution is 0.173. The van der Waals surface area contributed by atoms with Gasteiger partial charge in [-0.1, -0.05) is 0 Å². The molecule has 19 heavy (non-hydrogen) atoms. The lowest BCUT2D eigenvalue weighted by atomic mass is 10.2. The first-order valence-electron chi connectivity index (χ1n) is 5.74. The van der Waals surface area contributed by atoms with Gasteiger partial charge in [0.05, 0.1) is 4.47 Å². The molecule has 6 heteroatoms. The van der Waals surface area contributed by atoms with Gasteiger partial charge in [0, 0.05) is 27.8 Å². The van der Waals surface area contributed by atoms with Crippen molar-refractivity contribution in [3.05, 3.63) is 43.0 Å². The SMILES string of the molecule is Brc1csc(CNCc2cc(Br)c3c(c2)OCO3)c1. The number of benzene rings is 1. The predicted octanol–water partition coefficient (Wildman–Crippen LogP) is 4.29. The number of hydrogen-bond acceptors (Lipinski definition) is 4. The van der Waals surface area contributed by atoms with Crippen molar-refractivity contribution < 1.29 is 9.47 Å². The number of rotatable bonds is 4. The summed E-state index contributed by atoms with van der Waals surface area (Å²) in [5, 5.41) is 5.51. The minimum atomic E-state index is 0.300. The molecule has 3 nitrogen and oxygen atoms in total. The third kappa shape index (κ3) is 3.13. The van der Waals surface area contributed by atoms with Crippen molar-refractivity contribution in [2.24, 2.45) is 0 Å². The molecule has 2 heterocycles. The first kappa shape index (κ1) is 13.4. The van der Waals surface area contributed by atoms with Crippen LogP contribution in [0.2, 0.25) is 0 Å². The van der Waals surface area contributed by atoms with Crippen molar-refractivity contribution in [2.75, 3.05) is 6.79 Å². The normalized spacial score (nSPS) is 12.9. The summed E-state index contributed by atoms with van der Waals surface area (Å²) in [4.78, 5) is 1.31. The van der Waals surface area contributed by atoms with Crippen LogP contribution in [0.1, 0.15) is 10.4 Å². The topological polar surface area (TPSA) is 30.5 Å². The fraction of sp³-hybridized carbons (Fsp3) is 0.231. The maximum atomic E-state index is 5.40. The minimum absolute atomic E-state index is 0.300. The molecule has 100 valence electrons. The molecular weight excluding hydrogens is 394 g/mol. The van der Waals surface area contributed by atoms with Gasteiger partial charge in [-0.2, -0.15) is 0 Å². The molecule has 1 aromatic heterocycles. The van der Waals surface area contributed by atoms with Crippen LogP contribution in [-0.4, -0.2) is 6.79 Å². The highest BCUT2D eigenvalue weighted by Gasteiger charge is 2.17. The highest BCUT2D eigenvalue weighted by Crippen LogP contribution is 2.39. The van der Waals surface area contributed by atoms with Gasteiger partial charge in [-0.25, -0.2) is 0 Å². The van der Waals surface area contributed by atoms with Crippen LogP contribution in [0.4, 0.5) is 0 Å². The predicted molar refractivity (Wildman–Crippen MR) is 82.8 cm³/mol. The van der Waals surface area contributed by atoms with Gasteiger partial charge in [-0.05, 0) is 55.6 Å². The minimum Gasteiger partial charge on any atom is -0.454 e. The number of thiophene rings is 1. The molecule has 3 rings (SSSR count). The molecule has 0 amide bonds. The van der Waals surface area contributed by atoms with Crippen LogP contribution in [0.5, 0.6) is 11.5 Å². The summed E-state index contributed by atoms with van der Waals surface area (Å²) in [5.74, 6) is 1.61. The molecule has 0 spiro atoms. The van der Waals surface area contributed by atoms with Crippen LogP contribution >= 0.6 is 43.2 Å². The summed E-state index contributed by atoms with van der Waals surface area (Å²) in [7, 11) is 0. The lowest BCUT2D eigenvalue weighted by Crippen LogP contribution is -2.11. The Labute approximate surface area is 132 Å². The molecular formula is C13H11Br2NO2S. The number of fused-ring (bicyclic) bond motifs is 1. The zero-order chi connectivity index (χ0) is 13.2. The second-order valence-corrected chi connectivity index (χ2v) is 6.91. The first-order chi connectivity index (χ1) is 9.22. The van der Waals surface area contributed by atoms with E-state index >= 15 is 0 Å². The fourth-order valence-electron chi connectivity index (χ4n) is 1.90. The highest BCUT2D eigenvalue weighted by atomic mass is 79.9. The number of ether oxygens (including phenoxy) is 2. The smallest absolute Gasteiger partial charge is 0.231 e. The number of halogens is 2. The maximum absolute atomic E-state index is 5.40. The zero-order valence-electron chi connectivity index (χ0n) is 9.91. The van der Waals surface area contributed by atoms with E-state index in [2.05, 4.69) is 54.7 Å². The van der Waals surface area contributed by atoms with E-state index in [0.29, 0.717) is 6.79 Å². The van der Waals surface area contributed by atoms with Gasteiger partial charge in [0.1, 0.15) is 0 Å². The van der Waals surface area contributed by atoms with Gasteiger partial charge >= 0.3 is 0 Å². The lowest BCUT2D eigenvalue weighted by Gasteiger charge is -2.06. The molecule has 0 bridgehead atoms. The number of hydrogen-bond donors (Lipinski definition) is 1. The van der Waals surface area contributed by atoms with Crippen molar-refractivity contribution in [1.29, 1.82) is 0 Å². The molecule has 1 aliphatic heterocycles. The van der Waals surface area contributed by atoms with Crippen LogP contribution < -0.4 is 14.8 Å². The van der Waals surface area contributed by atoms with E-state index in [1.165, 1.54) is 10.4 Å². The Morgan fingerprint density at radius 3 is 2.84 bits per heavy atom. The second-order valence-electron chi connectivity index (χ2n) is 4.15. The average molecular weight is 405 g/mol. The molecule has 0 fully saturated rings. The van der Waals surface area contributed by atoms with E-state index in [9.17, 15) is 0 Å². The zero-order valence-corrected chi connectivity index (χ0v) is 13.9. The van der Waals surface area contributed by atoms with Crippen molar-refractivity contribution >= 4 is 43.2 Å². The maximum Gasteiger partial charge on any atom is 0.231 e. The Balaban J connectivity index is 1.63. The van der Waals surface area contributed by atoms with Gasteiger partial charge in [-0.3, -0.25) is 0 Å². The van der Waals surface area contributed by atoms with Crippen LogP contribution in [0.15, 0.2) is 32.5 Å². The van der Waals surface area contributed by atoms with Gasteiger partial charge in [0.25, 0.3) is 0 Å². The summed E-state index contributed by atoms with van der Waals surface area (Å²) >= 11 is 8.70. The van der Waals surface area contributed by atoms with Crippen LogP contribution in [-0.2, 0) is 13.1 Å². The standard InChI is InChI=1S/C13H11Br2NO2S/c14-9-3-10(19-6-9)5-16-4-8-1-11(15)13-12(2-8)17-7-18-13/h1-3,6,16H,4-5,7H2. The molecule has 1 aromatic carbocycles. The summed E-state index contributed by atoms with van der Waals surface area (Å²) < 4.78 is 12.9. The quantitative estimate of drug-likeness (QED) is 0.824. The van der Waals surface area contributed by atoms with Crippen molar-refractivity contribution in [3.63, 3.8) is 0 Å². The average Bonchev–Trinajstić information content (AvgIpc) is 2.98. The summed E-state index contributed by atoms with van der Waals surface area (Å²) in [6.45, 7) is 1.96. The molecule has 1 aliphatic rings.